The van der Waals surface area contributed by atoms with Crippen molar-refractivity contribution >= 4 is 0 Å². The Kier molecular flexibility index (Phi) is 5.26. The van der Waals surface area contributed by atoms with E-state index in [0.717, 1.165) is 17.8 Å². The van der Waals surface area contributed by atoms with Gasteiger partial charge in [-0.05, 0) is 73.0 Å². The average Bonchev–Trinajstić information content (AvgIpc) is 2.86. The van der Waals surface area contributed by atoms with E-state index >= 15 is 0 Å². The summed E-state index contributed by atoms with van der Waals surface area (Å²) in [5.41, 5.74) is 3.09. The van der Waals surface area contributed by atoms with Crippen molar-refractivity contribution in [1.29, 1.82) is 0 Å². The third-order valence-electron chi connectivity index (χ3n) is 8.75. The van der Waals surface area contributed by atoms with Gasteiger partial charge in [0.25, 0.3) is 0 Å². The van der Waals surface area contributed by atoms with Crippen LogP contribution in [0, 0.1) is 23.2 Å². The molecule has 168 valence electrons. The SMILES string of the molecule is C=CC(OC(c1ccccc1)(c1ccccc1)c1ccccc1)C12CC3CC(CC(C3)C1)C2. The molecule has 3 aromatic rings. The molecular formula is C32H34O. The lowest BCUT2D eigenvalue weighted by atomic mass is 9.48. The summed E-state index contributed by atoms with van der Waals surface area (Å²) >= 11 is 0. The van der Waals surface area contributed by atoms with Crippen molar-refractivity contribution < 1.29 is 4.74 Å². The first-order valence-electron chi connectivity index (χ1n) is 12.7. The lowest BCUT2D eigenvalue weighted by molar-refractivity contribution is -0.156. The van der Waals surface area contributed by atoms with Crippen LogP contribution in [0.1, 0.15) is 55.2 Å². The van der Waals surface area contributed by atoms with Gasteiger partial charge in [-0.15, -0.1) is 6.58 Å². The van der Waals surface area contributed by atoms with Crippen LogP contribution in [-0.2, 0) is 10.3 Å². The van der Waals surface area contributed by atoms with Gasteiger partial charge in [0.05, 0.1) is 6.10 Å². The first-order chi connectivity index (χ1) is 16.2. The number of hydrogen-bond acceptors (Lipinski definition) is 1. The highest BCUT2D eigenvalue weighted by atomic mass is 16.5. The standard InChI is InChI=1S/C32H34O/c1-2-30(31-21-24-18-25(22-31)20-26(19-24)23-31)33-32(27-12-6-3-7-13-27,28-14-8-4-9-15-28)29-16-10-5-11-17-29/h2-17,24-26,30H,1,18-23H2. The molecule has 33 heavy (non-hydrogen) atoms. The Hall–Kier alpha value is -2.64. The third-order valence-corrected chi connectivity index (χ3v) is 8.75. The van der Waals surface area contributed by atoms with Crippen molar-refractivity contribution in [2.24, 2.45) is 23.2 Å². The van der Waals surface area contributed by atoms with Gasteiger partial charge in [-0.3, -0.25) is 0 Å². The van der Waals surface area contributed by atoms with E-state index in [2.05, 4.69) is 104 Å². The number of ether oxygens (including phenoxy) is 1. The molecule has 4 bridgehead atoms. The van der Waals surface area contributed by atoms with E-state index in [4.69, 9.17) is 4.74 Å². The molecule has 0 saturated heterocycles. The number of benzene rings is 3. The molecule has 0 spiro atoms. The zero-order valence-corrected chi connectivity index (χ0v) is 19.4. The monoisotopic (exact) mass is 434 g/mol. The quantitative estimate of drug-likeness (QED) is 0.273. The summed E-state index contributed by atoms with van der Waals surface area (Å²) in [6.07, 6.45) is 10.3. The predicted octanol–water partition coefficient (Wildman–Crippen LogP) is 7.77. The zero-order chi connectivity index (χ0) is 22.3. The Morgan fingerprint density at radius 1 is 0.667 bits per heavy atom. The molecule has 4 aliphatic rings. The van der Waals surface area contributed by atoms with Crippen LogP contribution in [0.4, 0.5) is 0 Å². The maximum absolute atomic E-state index is 7.51. The molecule has 4 fully saturated rings. The smallest absolute Gasteiger partial charge is 0.144 e. The highest BCUT2D eigenvalue weighted by Crippen LogP contribution is 2.62. The van der Waals surface area contributed by atoms with Gasteiger partial charge in [-0.25, -0.2) is 0 Å². The number of rotatable bonds is 7. The topological polar surface area (TPSA) is 9.23 Å². The summed E-state index contributed by atoms with van der Waals surface area (Å²) in [6, 6.07) is 32.4. The Bertz CT molecular complexity index is 953. The Balaban J connectivity index is 1.51. The van der Waals surface area contributed by atoms with Crippen molar-refractivity contribution in [2.75, 3.05) is 0 Å². The van der Waals surface area contributed by atoms with Crippen LogP contribution < -0.4 is 0 Å². The summed E-state index contributed by atoms with van der Waals surface area (Å²) < 4.78 is 7.51. The largest absolute Gasteiger partial charge is 0.353 e. The molecule has 0 heterocycles. The minimum absolute atomic E-state index is 0.0199. The maximum Gasteiger partial charge on any atom is 0.144 e. The van der Waals surface area contributed by atoms with E-state index < -0.39 is 5.60 Å². The van der Waals surface area contributed by atoms with Crippen molar-refractivity contribution in [3.05, 3.63) is 120 Å². The van der Waals surface area contributed by atoms with Crippen molar-refractivity contribution in [1.82, 2.24) is 0 Å². The first kappa shape index (κ1) is 20.9. The summed E-state index contributed by atoms with van der Waals surface area (Å²) in [7, 11) is 0. The molecule has 0 radical (unpaired) electrons. The van der Waals surface area contributed by atoms with Crippen molar-refractivity contribution in [3.8, 4) is 0 Å². The molecule has 1 unspecified atom stereocenters. The van der Waals surface area contributed by atoms with Crippen LogP contribution in [0.2, 0.25) is 0 Å². The summed E-state index contributed by atoms with van der Waals surface area (Å²) in [5, 5.41) is 0. The Morgan fingerprint density at radius 2 is 1.03 bits per heavy atom. The number of hydrogen-bond donors (Lipinski definition) is 0. The van der Waals surface area contributed by atoms with Crippen molar-refractivity contribution in [3.63, 3.8) is 0 Å². The van der Waals surface area contributed by atoms with E-state index in [1.54, 1.807) is 0 Å². The van der Waals surface area contributed by atoms with Gasteiger partial charge in [0.15, 0.2) is 0 Å². The van der Waals surface area contributed by atoms with E-state index in [1.165, 1.54) is 55.2 Å². The first-order valence-corrected chi connectivity index (χ1v) is 12.7. The van der Waals surface area contributed by atoms with Crippen LogP contribution in [0.25, 0.3) is 0 Å². The van der Waals surface area contributed by atoms with Gasteiger partial charge in [0.2, 0.25) is 0 Å². The van der Waals surface area contributed by atoms with E-state index in [9.17, 15) is 0 Å². The zero-order valence-electron chi connectivity index (χ0n) is 19.4. The van der Waals surface area contributed by atoms with Gasteiger partial charge in [-0.2, -0.15) is 0 Å². The molecule has 1 heteroatoms. The molecule has 1 atom stereocenters. The molecule has 0 N–H and O–H groups in total. The normalized spacial score (nSPS) is 29.0. The van der Waals surface area contributed by atoms with E-state index in [0.29, 0.717) is 0 Å². The van der Waals surface area contributed by atoms with Crippen LogP contribution in [0.15, 0.2) is 104 Å². The minimum atomic E-state index is -0.675. The van der Waals surface area contributed by atoms with Crippen LogP contribution in [-0.4, -0.2) is 6.10 Å². The summed E-state index contributed by atoms with van der Waals surface area (Å²) in [4.78, 5) is 0. The molecular weight excluding hydrogens is 400 g/mol. The van der Waals surface area contributed by atoms with E-state index in [-0.39, 0.29) is 11.5 Å². The summed E-state index contributed by atoms with van der Waals surface area (Å²) in [6.45, 7) is 4.36. The summed E-state index contributed by atoms with van der Waals surface area (Å²) in [5.74, 6) is 2.63. The van der Waals surface area contributed by atoms with E-state index in [1.807, 2.05) is 0 Å². The highest BCUT2D eigenvalue weighted by molar-refractivity contribution is 5.47. The molecule has 3 aromatic carbocycles. The van der Waals surface area contributed by atoms with Gasteiger partial charge in [0.1, 0.15) is 5.60 Å². The van der Waals surface area contributed by atoms with Crippen LogP contribution >= 0.6 is 0 Å². The van der Waals surface area contributed by atoms with Gasteiger partial charge >= 0.3 is 0 Å². The second kappa shape index (κ2) is 8.29. The maximum atomic E-state index is 7.51. The third kappa shape index (κ3) is 3.49. The molecule has 4 aliphatic carbocycles. The van der Waals surface area contributed by atoms with Crippen LogP contribution in [0.3, 0.4) is 0 Å². The second-order valence-corrected chi connectivity index (χ2v) is 10.8. The predicted molar refractivity (Wildman–Crippen MR) is 135 cm³/mol. The fourth-order valence-electron chi connectivity index (χ4n) is 7.86. The van der Waals surface area contributed by atoms with Crippen molar-refractivity contribution in [2.45, 2.75) is 50.2 Å². The molecule has 0 amide bonds. The average molecular weight is 435 g/mol. The fraction of sp³-hybridized carbons (Fsp3) is 0.375. The highest BCUT2D eigenvalue weighted by Gasteiger charge is 2.55. The van der Waals surface area contributed by atoms with Gasteiger partial charge in [0, 0.05) is 5.41 Å². The lowest BCUT2D eigenvalue weighted by Gasteiger charge is -2.59. The molecule has 1 nitrogen and oxygen atoms in total. The second-order valence-electron chi connectivity index (χ2n) is 10.8. The minimum Gasteiger partial charge on any atom is -0.353 e. The molecule has 0 aliphatic heterocycles. The van der Waals surface area contributed by atoms with Gasteiger partial charge in [-0.1, -0.05) is 97.1 Å². The fourth-order valence-corrected chi connectivity index (χ4v) is 7.86. The molecule has 4 saturated carbocycles. The van der Waals surface area contributed by atoms with Gasteiger partial charge < -0.3 is 4.74 Å². The Morgan fingerprint density at radius 3 is 1.36 bits per heavy atom. The molecule has 0 aromatic heterocycles. The Labute approximate surface area is 198 Å². The molecule has 7 rings (SSSR count). The van der Waals surface area contributed by atoms with Crippen LogP contribution in [0.5, 0.6) is 0 Å². The lowest BCUT2D eigenvalue weighted by Crippen LogP contribution is -2.53.